The normalized spacial score (nSPS) is 11.0. The van der Waals surface area contributed by atoms with Crippen molar-refractivity contribution in [3.8, 4) is 0 Å². The molecule has 0 aliphatic heterocycles. The number of ether oxygens (including phenoxy) is 2. The molecule has 0 aromatic carbocycles. The van der Waals surface area contributed by atoms with Crippen molar-refractivity contribution in [2.45, 2.75) is 19.4 Å². The summed E-state index contributed by atoms with van der Waals surface area (Å²) in [5.74, 6) is -2.37. The van der Waals surface area contributed by atoms with E-state index < -0.39 is 23.4 Å². The number of carbonyl (C=O) groups is 3. The van der Waals surface area contributed by atoms with Crippen LogP contribution < -0.4 is 5.32 Å². The molecular weight excluding hydrogens is 214 g/mol. The first-order valence-corrected chi connectivity index (χ1v) is 4.54. The summed E-state index contributed by atoms with van der Waals surface area (Å²) in [7, 11) is 2.23. The van der Waals surface area contributed by atoms with Gasteiger partial charge >= 0.3 is 11.9 Å². The molecule has 0 aromatic rings. The van der Waals surface area contributed by atoms with Gasteiger partial charge in [0.2, 0.25) is 5.91 Å². The molecule has 0 heterocycles. The van der Waals surface area contributed by atoms with Crippen molar-refractivity contribution >= 4 is 17.8 Å². The first kappa shape index (κ1) is 14.2. The summed E-state index contributed by atoms with van der Waals surface area (Å²) < 4.78 is 8.97. The lowest BCUT2D eigenvalue weighted by Gasteiger charge is -2.25. The maximum absolute atomic E-state index is 11.6. The van der Waals surface area contributed by atoms with Crippen LogP contribution in [0.3, 0.4) is 0 Å². The molecule has 0 aromatic heterocycles. The van der Waals surface area contributed by atoms with Crippen molar-refractivity contribution < 1.29 is 23.9 Å². The van der Waals surface area contributed by atoms with E-state index in [2.05, 4.69) is 14.8 Å². The van der Waals surface area contributed by atoms with Crippen LogP contribution in [0.2, 0.25) is 0 Å². The Kier molecular flexibility index (Phi) is 5.21. The fourth-order valence-corrected chi connectivity index (χ4v) is 1.21. The highest BCUT2D eigenvalue weighted by molar-refractivity contribution is 6.09. The Morgan fingerprint density at radius 2 is 1.56 bits per heavy atom. The van der Waals surface area contributed by atoms with Crippen LogP contribution in [0.15, 0.2) is 12.2 Å². The van der Waals surface area contributed by atoms with E-state index >= 15 is 0 Å². The summed E-state index contributed by atoms with van der Waals surface area (Å²) in [5, 5.41) is 2.22. The van der Waals surface area contributed by atoms with E-state index in [9.17, 15) is 14.4 Å². The van der Waals surface area contributed by atoms with Crippen LogP contribution in [0.4, 0.5) is 0 Å². The van der Waals surface area contributed by atoms with Crippen LogP contribution in [0.1, 0.15) is 13.8 Å². The Labute approximate surface area is 93.6 Å². The fraction of sp³-hybridized carbons (Fsp3) is 0.500. The molecule has 16 heavy (non-hydrogen) atoms. The number of allylic oxidation sites excluding steroid dienone is 1. The maximum Gasteiger partial charge on any atom is 0.347 e. The van der Waals surface area contributed by atoms with Crippen molar-refractivity contribution in [2.24, 2.45) is 0 Å². The summed E-state index contributed by atoms with van der Waals surface area (Å²) in [4.78, 5) is 34.2. The number of esters is 2. The second-order valence-electron chi connectivity index (χ2n) is 2.97. The number of hydrogen-bond donors (Lipinski definition) is 1. The molecule has 1 amide bonds. The van der Waals surface area contributed by atoms with Gasteiger partial charge in [0.05, 0.1) is 14.2 Å². The van der Waals surface area contributed by atoms with Gasteiger partial charge in [-0.05, 0) is 13.0 Å². The van der Waals surface area contributed by atoms with Crippen LogP contribution in [-0.4, -0.2) is 37.6 Å². The lowest BCUT2D eigenvalue weighted by molar-refractivity contribution is -0.162. The van der Waals surface area contributed by atoms with Crippen LogP contribution in [0.25, 0.3) is 0 Å². The molecule has 0 aliphatic carbocycles. The molecule has 1 N–H and O–H groups in total. The summed E-state index contributed by atoms with van der Waals surface area (Å²) >= 11 is 0. The maximum atomic E-state index is 11.6. The zero-order chi connectivity index (χ0) is 12.8. The minimum Gasteiger partial charge on any atom is -0.467 e. The van der Waals surface area contributed by atoms with Gasteiger partial charge in [-0.25, -0.2) is 9.59 Å². The number of nitrogens with one attached hydrogen (secondary N) is 1. The van der Waals surface area contributed by atoms with Gasteiger partial charge in [0.1, 0.15) is 0 Å². The standard InChI is InChI=1S/C10H15NO5/c1-5-6-10(8(13)15-3,9(14)16-4)11-7(2)12/h5-6H,1-4H3,(H,11,12). The van der Waals surface area contributed by atoms with Crippen LogP contribution in [-0.2, 0) is 23.9 Å². The highest BCUT2D eigenvalue weighted by Gasteiger charge is 2.47. The van der Waals surface area contributed by atoms with Crippen molar-refractivity contribution in [3.63, 3.8) is 0 Å². The van der Waals surface area contributed by atoms with Crippen LogP contribution >= 0.6 is 0 Å². The van der Waals surface area contributed by atoms with Gasteiger partial charge in [0.15, 0.2) is 0 Å². The minimum absolute atomic E-state index is 0.547. The van der Waals surface area contributed by atoms with E-state index in [0.717, 1.165) is 14.2 Å². The monoisotopic (exact) mass is 229 g/mol. The van der Waals surface area contributed by atoms with E-state index in [-0.39, 0.29) is 0 Å². The van der Waals surface area contributed by atoms with Gasteiger partial charge in [0.25, 0.3) is 5.54 Å². The lowest BCUT2D eigenvalue weighted by Crippen LogP contribution is -2.59. The number of carbonyl (C=O) groups excluding carboxylic acids is 3. The third-order valence-corrected chi connectivity index (χ3v) is 1.80. The van der Waals surface area contributed by atoms with E-state index in [0.29, 0.717) is 0 Å². The lowest BCUT2D eigenvalue weighted by atomic mass is 9.99. The zero-order valence-electron chi connectivity index (χ0n) is 9.70. The Balaban J connectivity index is 5.46. The molecule has 90 valence electrons. The molecule has 0 bridgehead atoms. The van der Waals surface area contributed by atoms with Gasteiger partial charge in [-0.3, -0.25) is 4.79 Å². The van der Waals surface area contributed by atoms with E-state index in [1.807, 2.05) is 0 Å². The summed E-state index contributed by atoms with van der Waals surface area (Å²) in [6, 6.07) is 0. The van der Waals surface area contributed by atoms with Crippen molar-refractivity contribution in [2.75, 3.05) is 14.2 Å². The summed E-state index contributed by atoms with van der Waals surface area (Å²) in [6.07, 6.45) is 2.66. The largest absolute Gasteiger partial charge is 0.467 e. The Morgan fingerprint density at radius 1 is 1.12 bits per heavy atom. The Morgan fingerprint density at radius 3 is 1.81 bits per heavy atom. The zero-order valence-corrected chi connectivity index (χ0v) is 9.70. The number of hydrogen-bond acceptors (Lipinski definition) is 5. The first-order chi connectivity index (χ1) is 7.44. The molecule has 0 spiro atoms. The first-order valence-electron chi connectivity index (χ1n) is 4.54. The second-order valence-corrected chi connectivity index (χ2v) is 2.97. The molecule has 0 radical (unpaired) electrons. The Bertz CT molecular complexity index is 305. The van der Waals surface area contributed by atoms with E-state index in [1.54, 1.807) is 6.92 Å². The molecule has 0 aliphatic rings. The third-order valence-electron chi connectivity index (χ3n) is 1.80. The van der Waals surface area contributed by atoms with Gasteiger partial charge in [0, 0.05) is 6.92 Å². The van der Waals surface area contributed by atoms with Crippen molar-refractivity contribution in [1.82, 2.24) is 5.32 Å². The van der Waals surface area contributed by atoms with Gasteiger partial charge in [-0.2, -0.15) is 0 Å². The fourth-order valence-electron chi connectivity index (χ4n) is 1.21. The van der Waals surface area contributed by atoms with E-state index in [4.69, 9.17) is 0 Å². The van der Waals surface area contributed by atoms with Crippen molar-refractivity contribution in [1.29, 1.82) is 0 Å². The van der Waals surface area contributed by atoms with Crippen LogP contribution in [0.5, 0.6) is 0 Å². The molecule has 0 rings (SSSR count). The smallest absolute Gasteiger partial charge is 0.347 e. The number of rotatable bonds is 4. The summed E-state index contributed by atoms with van der Waals surface area (Å²) in [6.45, 7) is 2.78. The third kappa shape index (κ3) is 2.82. The Hall–Kier alpha value is -1.85. The van der Waals surface area contributed by atoms with Crippen molar-refractivity contribution in [3.05, 3.63) is 12.2 Å². The molecule has 0 fully saturated rings. The average Bonchev–Trinajstić information content (AvgIpc) is 2.25. The molecule has 6 heteroatoms. The highest BCUT2D eigenvalue weighted by atomic mass is 16.5. The van der Waals surface area contributed by atoms with E-state index in [1.165, 1.54) is 19.1 Å². The van der Waals surface area contributed by atoms with Gasteiger partial charge in [-0.1, -0.05) is 6.08 Å². The SMILES string of the molecule is CC=CC(NC(C)=O)(C(=O)OC)C(=O)OC. The second kappa shape index (κ2) is 5.89. The van der Waals surface area contributed by atoms with Crippen LogP contribution in [0, 0.1) is 0 Å². The molecule has 0 unspecified atom stereocenters. The molecular formula is C10H15NO5. The number of methoxy groups -OCH3 is 2. The van der Waals surface area contributed by atoms with Gasteiger partial charge in [-0.15, -0.1) is 0 Å². The topological polar surface area (TPSA) is 81.7 Å². The molecule has 0 atom stereocenters. The van der Waals surface area contributed by atoms with Gasteiger partial charge < -0.3 is 14.8 Å². The predicted octanol–water partition coefficient (Wildman–Crippen LogP) is -0.217. The highest BCUT2D eigenvalue weighted by Crippen LogP contribution is 2.12. The average molecular weight is 229 g/mol. The minimum atomic E-state index is -1.91. The molecule has 6 nitrogen and oxygen atoms in total. The molecule has 0 saturated carbocycles. The molecule has 0 saturated heterocycles. The number of amides is 1. The quantitative estimate of drug-likeness (QED) is 0.409. The predicted molar refractivity (Wildman–Crippen MR) is 55.4 cm³/mol. The summed E-state index contributed by atoms with van der Waals surface area (Å²) in [5.41, 5.74) is -1.91.